The molecule has 156 valence electrons. The second kappa shape index (κ2) is 9.01. The summed E-state index contributed by atoms with van der Waals surface area (Å²) in [6, 6.07) is 19.6. The lowest BCUT2D eigenvalue weighted by Gasteiger charge is -2.14. The molecule has 1 N–H and O–H groups in total. The number of para-hydroxylation sites is 1. The van der Waals surface area contributed by atoms with Gasteiger partial charge in [-0.15, -0.1) is 0 Å². The normalized spacial score (nSPS) is 10.8. The van der Waals surface area contributed by atoms with Gasteiger partial charge in [0, 0.05) is 11.3 Å². The first-order valence-corrected chi connectivity index (χ1v) is 10.4. The summed E-state index contributed by atoms with van der Waals surface area (Å²) in [4.78, 5) is 30.4. The molecule has 4 aromatic rings. The van der Waals surface area contributed by atoms with Gasteiger partial charge in [-0.05, 0) is 54.1 Å². The van der Waals surface area contributed by atoms with Gasteiger partial charge in [-0.25, -0.2) is 9.37 Å². The number of rotatable bonds is 6. The Kier molecular flexibility index (Phi) is 5.99. The second-order valence-corrected chi connectivity index (χ2v) is 7.58. The number of carbonyl (C=O) groups is 1. The molecule has 31 heavy (non-hydrogen) atoms. The first-order chi connectivity index (χ1) is 15.0. The summed E-state index contributed by atoms with van der Waals surface area (Å²) in [5, 5.41) is 0.683. The van der Waals surface area contributed by atoms with Crippen molar-refractivity contribution in [2.45, 2.75) is 10.9 Å². The van der Waals surface area contributed by atoms with Gasteiger partial charge in [-0.2, -0.15) is 4.68 Å². The predicted molar refractivity (Wildman–Crippen MR) is 119 cm³/mol. The van der Waals surface area contributed by atoms with E-state index < -0.39 is 11.5 Å². The van der Waals surface area contributed by atoms with Crippen molar-refractivity contribution < 1.29 is 13.9 Å². The quantitative estimate of drug-likeness (QED) is 0.363. The molecule has 1 aromatic heterocycles. The van der Waals surface area contributed by atoms with Crippen LogP contribution >= 0.6 is 11.8 Å². The topological polar surface area (TPSA) is 73.2 Å². The highest BCUT2D eigenvalue weighted by Crippen LogP contribution is 2.22. The third-order valence-corrected chi connectivity index (χ3v) is 5.58. The second-order valence-electron chi connectivity index (χ2n) is 6.64. The van der Waals surface area contributed by atoms with Crippen molar-refractivity contribution in [2.75, 3.05) is 12.5 Å². The molecule has 4 rings (SSSR count). The van der Waals surface area contributed by atoms with Crippen LogP contribution in [0, 0.1) is 5.82 Å². The van der Waals surface area contributed by atoms with E-state index >= 15 is 0 Å². The summed E-state index contributed by atoms with van der Waals surface area (Å²) in [6.07, 6.45) is 0. The molecule has 0 fully saturated rings. The summed E-state index contributed by atoms with van der Waals surface area (Å²) in [5.74, 6) is 0.192. The number of methoxy groups -OCH3 is 1. The van der Waals surface area contributed by atoms with E-state index in [1.807, 2.05) is 0 Å². The van der Waals surface area contributed by atoms with Crippen molar-refractivity contribution in [3.05, 3.63) is 100 Å². The van der Waals surface area contributed by atoms with Crippen molar-refractivity contribution in [1.82, 2.24) is 9.66 Å². The number of ether oxygens (including phenoxy) is 1. The van der Waals surface area contributed by atoms with E-state index in [0.29, 0.717) is 33.1 Å². The average molecular weight is 435 g/mol. The van der Waals surface area contributed by atoms with Crippen molar-refractivity contribution in [2.24, 2.45) is 0 Å². The zero-order chi connectivity index (χ0) is 21.8. The average Bonchev–Trinajstić information content (AvgIpc) is 2.80. The van der Waals surface area contributed by atoms with E-state index in [2.05, 4.69) is 10.4 Å². The van der Waals surface area contributed by atoms with Crippen LogP contribution in [0.15, 0.2) is 82.7 Å². The molecule has 0 spiro atoms. The predicted octanol–water partition coefficient (Wildman–Crippen LogP) is 4.22. The van der Waals surface area contributed by atoms with Gasteiger partial charge < -0.3 is 4.74 Å². The van der Waals surface area contributed by atoms with Crippen molar-refractivity contribution in [1.29, 1.82) is 0 Å². The third-order valence-electron chi connectivity index (χ3n) is 4.57. The molecule has 0 bridgehead atoms. The fourth-order valence-corrected chi connectivity index (χ4v) is 3.89. The van der Waals surface area contributed by atoms with E-state index in [0.717, 1.165) is 10.2 Å². The summed E-state index contributed by atoms with van der Waals surface area (Å²) in [6.45, 7) is 0. The largest absolute Gasteiger partial charge is 0.497 e. The highest BCUT2D eigenvalue weighted by Gasteiger charge is 2.15. The number of halogens is 1. The van der Waals surface area contributed by atoms with Crippen molar-refractivity contribution in [3.8, 4) is 5.75 Å². The molecular formula is C23H18FN3O3S. The number of benzene rings is 3. The minimum atomic E-state index is -0.463. The maximum Gasteiger partial charge on any atom is 0.281 e. The number of fused-ring (bicyclic) bond motifs is 1. The minimum Gasteiger partial charge on any atom is -0.497 e. The summed E-state index contributed by atoms with van der Waals surface area (Å²) in [5.41, 5.74) is 3.86. The summed E-state index contributed by atoms with van der Waals surface area (Å²) >= 11 is 1.23. The van der Waals surface area contributed by atoms with Crippen LogP contribution < -0.4 is 15.7 Å². The molecule has 0 aliphatic carbocycles. The maximum absolute atomic E-state index is 13.5. The number of carbonyl (C=O) groups excluding carboxylic acids is 1. The van der Waals surface area contributed by atoms with Crippen LogP contribution in [0.4, 0.5) is 4.39 Å². The number of aromatic nitrogens is 2. The Morgan fingerprint density at radius 3 is 2.61 bits per heavy atom. The molecule has 0 radical (unpaired) electrons. The lowest BCUT2D eigenvalue weighted by Crippen LogP contribution is -2.35. The Labute approximate surface area is 181 Å². The van der Waals surface area contributed by atoms with Gasteiger partial charge in [0.05, 0.1) is 18.0 Å². The minimum absolute atomic E-state index is 0.301. The number of amides is 1. The van der Waals surface area contributed by atoms with Gasteiger partial charge >= 0.3 is 0 Å². The standard InChI is InChI=1S/C23H18FN3O3S/c1-30-18-11-9-16(10-12-18)21(28)26-27-22(29)19-7-2-3-8-20(19)25-23(27)31-14-15-5-4-6-17(24)13-15/h2-13H,14H2,1H3,(H,26,28). The van der Waals surface area contributed by atoms with Gasteiger partial charge in [0.1, 0.15) is 11.6 Å². The first kappa shape index (κ1) is 20.6. The smallest absolute Gasteiger partial charge is 0.281 e. The van der Waals surface area contributed by atoms with Crippen molar-refractivity contribution in [3.63, 3.8) is 0 Å². The van der Waals surface area contributed by atoms with E-state index in [1.54, 1.807) is 60.7 Å². The van der Waals surface area contributed by atoms with Crippen LogP contribution in [0.25, 0.3) is 10.9 Å². The van der Waals surface area contributed by atoms with Gasteiger partial charge in [0.25, 0.3) is 11.5 Å². The molecule has 6 nitrogen and oxygen atoms in total. The lowest BCUT2D eigenvalue weighted by atomic mass is 10.2. The molecule has 0 aliphatic rings. The Hall–Kier alpha value is -3.65. The molecule has 0 aliphatic heterocycles. The molecule has 0 saturated heterocycles. The summed E-state index contributed by atoms with van der Waals surface area (Å²) in [7, 11) is 1.54. The van der Waals surface area contributed by atoms with Gasteiger partial charge in [-0.1, -0.05) is 36.0 Å². The number of thioether (sulfide) groups is 1. The van der Waals surface area contributed by atoms with Crippen LogP contribution in [0.2, 0.25) is 0 Å². The maximum atomic E-state index is 13.5. The number of nitrogens with one attached hydrogen (secondary N) is 1. The van der Waals surface area contributed by atoms with Crippen LogP contribution in [-0.2, 0) is 5.75 Å². The molecule has 8 heteroatoms. The molecule has 0 saturated carbocycles. The highest BCUT2D eigenvalue weighted by atomic mass is 32.2. The number of nitrogens with zero attached hydrogens (tertiary/aromatic N) is 2. The molecule has 0 atom stereocenters. The van der Waals surface area contributed by atoms with Gasteiger partial charge in [0.2, 0.25) is 0 Å². The first-order valence-electron chi connectivity index (χ1n) is 9.39. The zero-order valence-corrected chi connectivity index (χ0v) is 17.4. The van der Waals surface area contributed by atoms with E-state index in [1.165, 1.54) is 31.0 Å². The van der Waals surface area contributed by atoms with E-state index in [-0.39, 0.29) is 5.82 Å². The molecule has 1 amide bonds. The number of hydrogen-bond donors (Lipinski definition) is 1. The fourth-order valence-electron chi connectivity index (χ4n) is 2.99. The summed E-state index contributed by atoms with van der Waals surface area (Å²) < 4.78 is 19.8. The Morgan fingerprint density at radius 2 is 1.87 bits per heavy atom. The molecule has 3 aromatic carbocycles. The Morgan fingerprint density at radius 1 is 1.10 bits per heavy atom. The zero-order valence-electron chi connectivity index (χ0n) is 16.5. The lowest BCUT2D eigenvalue weighted by molar-refractivity contribution is 0.100. The number of hydrogen-bond acceptors (Lipinski definition) is 5. The van der Waals surface area contributed by atoms with E-state index in [9.17, 15) is 14.0 Å². The Bertz CT molecular complexity index is 1310. The van der Waals surface area contributed by atoms with Crippen LogP contribution in [0.3, 0.4) is 0 Å². The monoisotopic (exact) mass is 435 g/mol. The van der Waals surface area contributed by atoms with E-state index in [4.69, 9.17) is 4.74 Å². The van der Waals surface area contributed by atoms with Crippen LogP contribution in [0.1, 0.15) is 15.9 Å². The van der Waals surface area contributed by atoms with Gasteiger partial charge in [0.15, 0.2) is 5.16 Å². The van der Waals surface area contributed by atoms with Crippen LogP contribution in [-0.4, -0.2) is 22.7 Å². The van der Waals surface area contributed by atoms with Crippen molar-refractivity contribution >= 4 is 28.6 Å². The van der Waals surface area contributed by atoms with Crippen LogP contribution in [0.5, 0.6) is 5.75 Å². The molecule has 0 unspecified atom stereocenters. The highest BCUT2D eigenvalue weighted by molar-refractivity contribution is 7.98. The SMILES string of the molecule is COc1ccc(C(=O)Nn2c(SCc3cccc(F)c3)nc3ccccc3c2=O)cc1. The third kappa shape index (κ3) is 4.59. The Balaban J connectivity index is 1.69. The molecule has 1 heterocycles. The fraction of sp³-hybridized carbons (Fsp3) is 0.0870. The molecular weight excluding hydrogens is 417 g/mol. The van der Waals surface area contributed by atoms with Gasteiger partial charge in [-0.3, -0.25) is 15.0 Å².